The van der Waals surface area contributed by atoms with Crippen molar-refractivity contribution in [3.63, 3.8) is 0 Å². The molecule has 2 bridgehead atoms. The summed E-state index contributed by atoms with van der Waals surface area (Å²) in [5.41, 5.74) is 3.97. The molecule has 2 aliphatic heterocycles. The van der Waals surface area contributed by atoms with Gasteiger partial charge in [-0.15, -0.1) is 0 Å². The van der Waals surface area contributed by atoms with Crippen LogP contribution in [0.25, 0.3) is 10.9 Å². The largest absolute Gasteiger partial charge is 0.377 e. The van der Waals surface area contributed by atoms with Crippen molar-refractivity contribution < 1.29 is 4.79 Å². The molecule has 13 heteroatoms. The average molecular weight is 606 g/mol. The summed E-state index contributed by atoms with van der Waals surface area (Å²) in [4.78, 5) is 49.4. The van der Waals surface area contributed by atoms with Gasteiger partial charge in [-0.1, -0.05) is 29.6 Å². The molecular formula is C29H32ClN9O2S. The maximum atomic E-state index is 13.7. The number of nitrogens with one attached hydrogen (secondary N) is 2. The SMILES string of the molecule is CSNC(=O)c1nc(Cl)ccc1NC(C)c1cc(C)cc2c(=O)n(C)c(N3CC4CC3CN4c3cnc(C)cn3)nc12. The molecule has 1 amide bonds. The highest BCUT2D eigenvalue weighted by atomic mass is 35.5. The summed E-state index contributed by atoms with van der Waals surface area (Å²) in [6, 6.07) is 7.48. The highest BCUT2D eigenvalue weighted by molar-refractivity contribution is 7.97. The first-order valence-electron chi connectivity index (χ1n) is 13.7. The number of halogens is 1. The summed E-state index contributed by atoms with van der Waals surface area (Å²) in [6.45, 7) is 7.41. The molecule has 11 nitrogen and oxygen atoms in total. The highest BCUT2D eigenvalue weighted by Crippen LogP contribution is 2.37. The van der Waals surface area contributed by atoms with Crippen LogP contribution in [0, 0.1) is 13.8 Å². The standard InChI is InChI=1S/C29H32ClN9O2S/c1-15-8-20(17(3)33-22-6-7-23(30)34-26(22)27(40)36-42-5)25-21(9-15)28(41)37(4)29(35-25)39-14-18-10-19(39)13-38(18)24-12-31-16(2)11-32-24/h6-9,11-12,17-19,33H,10,13-14H2,1-5H3,(H,36,40). The Balaban J connectivity index is 1.35. The number of aromatic nitrogens is 5. The normalized spacial score (nSPS) is 18.5. The van der Waals surface area contributed by atoms with E-state index in [4.69, 9.17) is 16.6 Å². The van der Waals surface area contributed by atoms with Gasteiger partial charge in [0.15, 0.2) is 5.69 Å². The number of amides is 1. The van der Waals surface area contributed by atoms with Crippen molar-refractivity contribution in [2.45, 2.75) is 45.3 Å². The van der Waals surface area contributed by atoms with Gasteiger partial charge < -0.3 is 15.1 Å². The molecule has 218 valence electrons. The van der Waals surface area contributed by atoms with Crippen molar-refractivity contribution in [2.75, 3.05) is 34.5 Å². The zero-order valence-electron chi connectivity index (χ0n) is 24.1. The minimum absolute atomic E-state index is 0.0932. The molecule has 42 heavy (non-hydrogen) atoms. The molecule has 0 spiro atoms. The number of aryl methyl sites for hydroxylation is 2. The van der Waals surface area contributed by atoms with Gasteiger partial charge in [-0.3, -0.25) is 23.9 Å². The number of benzene rings is 1. The highest BCUT2D eigenvalue weighted by Gasteiger charge is 2.45. The van der Waals surface area contributed by atoms with E-state index in [1.807, 2.05) is 39.1 Å². The lowest BCUT2D eigenvalue weighted by molar-refractivity contribution is 0.0980. The number of carbonyl (C=O) groups excluding carboxylic acids is 1. The fourth-order valence-corrected chi connectivity index (χ4v) is 6.46. The molecule has 4 aromatic rings. The summed E-state index contributed by atoms with van der Waals surface area (Å²) in [6.07, 6.45) is 6.36. The Morgan fingerprint density at radius 3 is 2.55 bits per heavy atom. The summed E-state index contributed by atoms with van der Waals surface area (Å²) >= 11 is 7.30. The quantitative estimate of drug-likeness (QED) is 0.236. The molecular weight excluding hydrogens is 574 g/mol. The van der Waals surface area contributed by atoms with Crippen LogP contribution in [-0.4, -0.2) is 61.8 Å². The van der Waals surface area contributed by atoms with E-state index >= 15 is 0 Å². The van der Waals surface area contributed by atoms with E-state index < -0.39 is 0 Å². The van der Waals surface area contributed by atoms with Crippen LogP contribution >= 0.6 is 23.5 Å². The Hall–Kier alpha value is -3.90. The van der Waals surface area contributed by atoms with Gasteiger partial charge in [0.25, 0.3) is 11.5 Å². The van der Waals surface area contributed by atoms with Gasteiger partial charge in [0.05, 0.1) is 52.8 Å². The second kappa shape index (κ2) is 11.1. The lowest BCUT2D eigenvalue weighted by Gasteiger charge is -2.36. The van der Waals surface area contributed by atoms with Crippen molar-refractivity contribution >= 4 is 57.8 Å². The maximum absolute atomic E-state index is 13.7. The van der Waals surface area contributed by atoms with Crippen LogP contribution in [0.1, 0.15) is 46.7 Å². The molecule has 2 aliphatic rings. The molecule has 3 unspecified atom stereocenters. The number of anilines is 3. The first-order valence-corrected chi connectivity index (χ1v) is 15.3. The van der Waals surface area contributed by atoms with Gasteiger partial charge in [-0.25, -0.2) is 15.0 Å². The molecule has 0 aliphatic carbocycles. The summed E-state index contributed by atoms with van der Waals surface area (Å²) in [5.74, 6) is 1.19. The number of fused-ring (bicyclic) bond motifs is 3. The van der Waals surface area contributed by atoms with Gasteiger partial charge in [0.2, 0.25) is 5.95 Å². The minimum Gasteiger partial charge on any atom is -0.377 e. The van der Waals surface area contributed by atoms with Crippen LogP contribution in [0.4, 0.5) is 17.5 Å². The number of carbonyl (C=O) groups is 1. The fourth-order valence-electron chi connectivity index (χ4n) is 6.03. The van der Waals surface area contributed by atoms with Gasteiger partial charge in [0.1, 0.15) is 11.0 Å². The van der Waals surface area contributed by atoms with Crippen LogP contribution in [0.5, 0.6) is 0 Å². The lowest BCUT2D eigenvalue weighted by Crippen LogP contribution is -2.48. The van der Waals surface area contributed by atoms with Crippen LogP contribution in [0.3, 0.4) is 0 Å². The third-order valence-electron chi connectivity index (χ3n) is 8.00. The second-order valence-corrected chi connectivity index (χ2v) is 11.9. The summed E-state index contributed by atoms with van der Waals surface area (Å²) in [7, 11) is 1.79. The number of hydrogen-bond donors (Lipinski definition) is 2. The molecule has 2 saturated heterocycles. The van der Waals surface area contributed by atoms with E-state index in [0.29, 0.717) is 22.5 Å². The predicted octanol–water partition coefficient (Wildman–Crippen LogP) is 4.04. The number of rotatable bonds is 7. The molecule has 0 radical (unpaired) electrons. The molecule has 3 aromatic heterocycles. The van der Waals surface area contributed by atoms with E-state index in [1.165, 1.54) is 11.9 Å². The van der Waals surface area contributed by atoms with E-state index in [2.05, 4.69) is 34.8 Å². The third-order valence-corrected chi connectivity index (χ3v) is 8.60. The van der Waals surface area contributed by atoms with E-state index in [1.54, 1.807) is 36.2 Å². The first kappa shape index (κ1) is 28.2. The summed E-state index contributed by atoms with van der Waals surface area (Å²) in [5, 5.41) is 4.20. The molecule has 5 heterocycles. The number of piperazine rings is 1. The first-order chi connectivity index (χ1) is 20.1. The Labute approximate surface area is 252 Å². The minimum atomic E-state index is -0.349. The maximum Gasteiger partial charge on any atom is 0.281 e. The topological polar surface area (TPSA) is 121 Å². The van der Waals surface area contributed by atoms with E-state index in [-0.39, 0.29) is 40.4 Å². The van der Waals surface area contributed by atoms with Crippen LogP contribution in [-0.2, 0) is 7.05 Å². The Morgan fingerprint density at radius 2 is 1.86 bits per heavy atom. The van der Waals surface area contributed by atoms with Crippen LogP contribution in [0.15, 0.2) is 41.5 Å². The van der Waals surface area contributed by atoms with Crippen LogP contribution in [0.2, 0.25) is 5.15 Å². The van der Waals surface area contributed by atoms with Crippen molar-refractivity contribution in [2.24, 2.45) is 7.05 Å². The number of hydrogen-bond acceptors (Lipinski definition) is 10. The van der Waals surface area contributed by atoms with Crippen molar-refractivity contribution in [1.82, 2.24) is 29.2 Å². The van der Waals surface area contributed by atoms with Crippen molar-refractivity contribution in [3.05, 3.63) is 74.7 Å². The molecule has 0 saturated carbocycles. The predicted molar refractivity (Wildman–Crippen MR) is 168 cm³/mol. The van der Waals surface area contributed by atoms with E-state index in [0.717, 1.165) is 42.1 Å². The lowest BCUT2D eigenvalue weighted by atomic mass is 10.0. The fraction of sp³-hybridized carbons (Fsp3) is 0.379. The number of nitrogens with zero attached hydrogens (tertiary/aromatic N) is 7. The number of pyridine rings is 1. The average Bonchev–Trinajstić information content (AvgIpc) is 3.58. The van der Waals surface area contributed by atoms with E-state index in [9.17, 15) is 9.59 Å². The second-order valence-electron chi connectivity index (χ2n) is 10.9. The smallest absolute Gasteiger partial charge is 0.281 e. The molecule has 2 N–H and O–H groups in total. The Bertz CT molecular complexity index is 1750. The molecule has 3 atom stereocenters. The van der Waals surface area contributed by atoms with Crippen LogP contribution < -0.4 is 25.4 Å². The molecule has 6 rings (SSSR count). The molecule has 1 aromatic carbocycles. The monoisotopic (exact) mass is 605 g/mol. The van der Waals surface area contributed by atoms with Gasteiger partial charge in [0, 0.05) is 32.0 Å². The Morgan fingerprint density at radius 1 is 1.10 bits per heavy atom. The van der Waals surface area contributed by atoms with Gasteiger partial charge in [-0.2, -0.15) is 0 Å². The van der Waals surface area contributed by atoms with Crippen molar-refractivity contribution in [3.8, 4) is 0 Å². The molecule has 2 fully saturated rings. The zero-order chi connectivity index (χ0) is 29.7. The third kappa shape index (κ3) is 5.02. The van der Waals surface area contributed by atoms with Gasteiger partial charge in [-0.05, 0) is 51.0 Å². The summed E-state index contributed by atoms with van der Waals surface area (Å²) < 4.78 is 4.37. The van der Waals surface area contributed by atoms with Gasteiger partial charge >= 0.3 is 0 Å². The zero-order valence-corrected chi connectivity index (χ0v) is 25.6. The Kier molecular flexibility index (Phi) is 7.44. The van der Waals surface area contributed by atoms with Crippen molar-refractivity contribution in [1.29, 1.82) is 0 Å².